The van der Waals surface area contributed by atoms with E-state index in [-0.39, 0.29) is 11.7 Å². The molecular formula is C18H25FN4OS. The van der Waals surface area contributed by atoms with Gasteiger partial charge in [0.25, 0.3) is 0 Å². The summed E-state index contributed by atoms with van der Waals surface area (Å²) in [5.41, 5.74) is 0.960. The SMILES string of the molecule is CCCN(CCC)C(=O)CN(C)c1nc(Cc2ccc(F)cc2)ns1. The number of amides is 1. The summed E-state index contributed by atoms with van der Waals surface area (Å²) in [6.45, 7) is 6.02. The van der Waals surface area contributed by atoms with Crippen LogP contribution in [0.15, 0.2) is 24.3 Å². The lowest BCUT2D eigenvalue weighted by Gasteiger charge is -2.24. The summed E-state index contributed by atoms with van der Waals surface area (Å²) in [5.74, 6) is 0.545. The molecule has 5 nitrogen and oxygen atoms in total. The van der Waals surface area contributed by atoms with Crippen LogP contribution in [0.2, 0.25) is 0 Å². The highest BCUT2D eigenvalue weighted by atomic mass is 32.1. The molecule has 2 rings (SSSR count). The molecule has 0 radical (unpaired) electrons. The van der Waals surface area contributed by atoms with Crippen LogP contribution in [0.1, 0.15) is 38.1 Å². The van der Waals surface area contributed by atoms with Crippen molar-refractivity contribution in [2.75, 3.05) is 31.6 Å². The molecular weight excluding hydrogens is 339 g/mol. The van der Waals surface area contributed by atoms with Gasteiger partial charge in [-0.1, -0.05) is 26.0 Å². The number of carbonyl (C=O) groups is 1. The maximum atomic E-state index is 13.0. The van der Waals surface area contributed by atoms with Crippen LogP contribution in [0.3, 0.4) is 0 Å². The summed E-state index contributed by atoms with van der Waals surface area (Å²) in [6, 6.07) is 6.33. The molecule has 1 amide bonds. The summed E-state index contributed by atoms with van der Waals surface area (Å²) in [6.07, 6.45) is 2.46. The molecule has 1 aromatic heterocycles. The van der Waals surface area contributed by atoms with Crippen LogP contribution in [0, 0.1) is 5.82 Å². The van der Waals surface area contributed by atoms with Gasteiger partial charge in [-0.3, -0.25) is 4.79 Å². The Morgan fingerprint density at radius 2 is 1.80 bits per heavy atom. The van der Waals surface area contributed by atoms with Crippen LogP contribution in [-0.4, -0.2) is 46.8 Å². The highest BCUT2D eigenvalue weighted by molar-refractivity contribution is 7.09. The average Bonchev–Trinajstić information content (AvgIpc) is 3.05. The number of aromatic nitrogens is 2. The number of carbonyl (C=O) groups excluding carboxylic acids is 1. The van der Waals surface area contributed by atoms with E-state index in [9.17, 15) is 9.18 Å². The van der Waals surface area contributed by atoms with Gasteiger partial charge >= 0.3 is 0 Å². The number of anilines is 1. The number of hydrogen-bond acceptors (Lipinski definition) is 5. The van der Waals surface area contributed by atoms with Crippen molar-refractivity contribution in [3.63, 3.8) is 0 Å². The lowest BCUT2D eigenvalue weighted by atomic mass is 10.1. The minimum Gasteiger partial charge on any atom is -0.341 e. The van der Waals surface area contributed by atoms with E-state index >= 15 is 0 Å². The topological polar surface area (TPSA) is 49.3 Å². The smallest absolute Gasteiger partial charge is 0.242 e. The number of halogens is 1. The predicted octanol–water partition coefficient (Wildman–Crippen LogP) is 3.35. The van der Waals surface area contributed by atoms with Crippen LogP contribution < -0.4 is 4.90 Å². The molecule has 7 heteroatoms. The van der Waals surface area contributed by atoms with E-state index in [1.807, 2.05) is 16.8 Å². The summed E-state index contributed by atoms with van der Waals surface area (Å²) in [7, 11) is 1.86. The van der Waals surface area contributed by atoms with E-state index in [4.69, 9.17) is 0 Å². The Morgan fingerprint density at radius 3 is 2.40 bits per heavy atom. The first-order chi connectivity index (χ1) is 12.0. The Hall–Kier alpha value is -2.02. The third-order valence-corrected chi connectivity index (χ3v) is 4.64. The molecule has 2 aromatic rings. The molecule has 0 N–H and O–H groups in total. The fourth-order valence-corrected chi connectivity index (χ4v) is 3.17. The summed E-state index contributed by atoms with van der Waals surface area (Å²) in [4.78, 5) is 20.7. The molecule has 0 atom stereocenters. The van der Waals surface area contributed by atoms with E-state index in [0.717, 1.165) is 36.6 Å². The molecule has 1 aromatic carbocycles. The predicted molar refractivity (Wildman–Crippen MR) is 99.5 cm³/mol. The molecule has 0 unspecified atom stereocenters. The first-order valence-electron chi connectivity index (χ1n) is 8.59. The third kappa shape index (κ3) is 5.77. The van der Waals surface area contributed by atoms with Crippen LogP contribution >= 0.6 is 11.5 Å². The fourth-order valence-electron chi connectivity index (χ4n) is 2.53. The van der Waals surface area contributed by atoms with Gasteiger partial charge in [-0.15, -0.1) is 0 Å². The van der Waals surface area contributed by atoms with Crippen molar-refractivity contribution in [3.05, 3.63) is 41.5 Å². The van der Waals surface area contributed by atoms with E-state index in [0.29, 0.717) is 18.8 Å². The average molecular weight is 364 g/mol. The Morgan fingerprint density at radius 1 is 1.16 bits per heavy atom. The molecule has 0 saturated heterocycles. The zero-order valence-electron chi connectivity index (χ0n) is 15.0. The van der Waals surface area contributed by atoms with Crippen LogP contribution in [0.25, 0.3) is 0 Å². The van der Waals surface area contributed by atoms with Crippen molar-refractivity contribution < 1.29 is 9.18 Å². The van der Waals surface area contributed by atoms with E-state index in [1.165, 1.54) is 23.7 Å². The first-order valence-corrected chi connectivity index (χ1v) is 9.36. The lowest BCUT2D eigenvalue weighted by Crippen LogP contribution is -2.39. The molecule has 0 spiro atoms. The monoisotopic (exact) mass is 364 g/mol. The van der Waals surface area contributed by atoms with Crippen molar-refractivity contribution in [1.29, 1.82) is 0 Å². The number of nitrogens with zero attached hydrogens (tertiary/aromatic N) is 4. The Kier molecular flexibility index (Phi) is 7.31. The van der Waals surface area contributed by atoms with Gasteiger partial charge in [0, 0.05) is 38.1 Å². The number of hydrogen-bond donors (Lipinski definition) is 0. The van der Waals surface area contributed by atoms with Crippen molar-refractivity contribution in [3.8, 4) is 0 Å². The quantitative estimate of drug-likeness (QED) is 0.685. The van der Waals surface area contributed by atoms with Crippen molar-refractivity contribution in [2.24, 2.45) is 0 Å². The molecule has 0 saturated carbocycles. The first kappa shape index (κ1) is 19.3. The molecule has 0 bridgehead atoms. The van der Waals surface area contributed by atoms with Crippen LogP contribution in [-0.2, 0) is 11.2 Å². The van der Waals surface area contributed by atoms with E-state index in [2.05, 4.69) is 23.2 Å². The second kappa shape index (κ2) is 9.46. The number of rotatable bonds is 9. The maximum Gasteiger partial charge on any atom is 0.242 e. The standard InChI is InChI=1S/C18H25FN4OS/c1-4-10-23(11-5-2)17(24)13-22(3)18-20-16(21-25-18)12-14-6-8-15(19)9-7-14/h6-9H,4-5,10-13H2,1-3H3. The zero-order valence-corrected chi connectivity index (χ0v) is 15.9. The van der Waals surface area contributed by atoms with Crippen LogP contribution in [0.4, 0.5) is 9.52 Å². The largest absolute Gasteiger partial charge is 0.341 e. The third-order valence-electron chi connectivity index (χ3n) is 3.77. The minimum atomic E-state index is -0.252. The van der Waals surface area contributed by atoms with E-state index in [1.54, 1.807) is 12.1 Å². The minimum absolute atomic E-state index is 0.112. The number of likely N-dealkylation sites (N-methyl/N-ethyl adjacent to an activating group) is 1. The van der Waals surface area contributed by atoms with Crippen molar-refractivity contribution in [2.45, 2.75) is 33.1 Å². The summed E-state index contributed by atoms with van der Waals surface area (Å²) >= 11 is 1.28. The van der Waals surface area contributed by atoms with Gasteiger partial charge in [0.1, 0.15) is 11.6 Å². The normalized spacial score (nSPS) is 10.7. The van der Waals surface area contributed by atoms with E-state index < -0.39 is 0 Å². The highest BCUT2D eigenvalue weighted by Crippen LogP contribution is 2.18. The number of benzene rings is 1. The Bertz CT molecular complexity index is 668. The second-order valence-corrected chi connectivity index (χ2v) is 6.76. The van der Waals surface area contributed by atoms with Gasteiger partial charge in [-0.25, -0.2) is 9.37 Å². The lowest BCUT2D eigenvalue weighted by molar-refractivity contribution is -0.129. The molecule has 0 aliphatic heterocycles. The van der Waals surface area contributed by atoms with Gasteiger partial charge in [0.15, 0.2) is 0 Å². The molecule has 25 heavy (non-hydrogen) atoms. The van der Waals surface area contributed by atoms with Gasteiger partial charge in [0.05, 0.1) is 6.54 Å². The summed E-state index contributed by atoms with van der Waals surface area (Å²) in [5, 5.41) is 0.721. The maximum absolute atomic E-state index is 13.0. The van der Waals surface area contributed by atoms with Gasteiger partial charge < -0.3 is 9.80 Å². The van der Waals surface area contributed by atoms with Gasteiger partial charge in [-0.05, 0) is 30.5 Å². The zero-order chi connectivity index (χ0) is 18.2. The molecule has 136 valence electrons. The van der Waals surface area contributed by atoms with Gasteiger partial charge in [-0.2, -0.15) is 4.37 Å². The molecule has 0 fully saturated rings. The Balaban J connectivity index is 1.95. The van der Waals surface area contributed by atoms with Gasteiger partial charge in [0.2, 0.25) is 11.0 Å². The Labute approximate surface area is 152 Å². The molecule has 0 aliphatic rings. The fraction of sp³-hybridized carbons (Fsp3) is 0.500. The molecule has 0 aliphatic carbocycles. The van der Waals surface area contributed by atoms with Crippen molar-refractivity contribution >= 4 is 22.6 Å². The highest BCUT2D eigenvalue weighted by Gasteiger charge is 2.17. The summed E-state index contributed by atoms with van der Waals surface area (Å²) < 4.78 is 17.3. The van der Waals surface area contributed by atoms with Crippen LogP contribution in [0.5, 0.6) is 0 Å². The second-order valence-electron chi connectivity index (χ2n) is 6.03. The van der Waals surface area contributed by atoms with Crippen molar-refractivity contribution in [1.82, 2.24) is 14.3 Å². The molecule has 1 heterocycles.